The number of hydrogen-bond donors (Lipinski definition) is 1. The lowest BCUT2D eigenvalue weighted by molar-refractivity contribution is -0.137. The molecule has 0 amide bonds. The quantitative estimate of drug-likeness (QED) is 0.476. The van der Waals surface area contributed by atoms with Crippen LogP contribution in [0.4, 0.5) is 0 Å². The Morgan fingerprint density at radius 2 is 2.14 bits per heavy atom. The number of nitrogens with zero attached hydrogens (tertiary/aromatic N) is 1. The van der Waals surface area contributed by atoms with Gasteiger partial charge in [0.25, 0.3) is 0 Å². The molecule has 0 radical (unpaired) electrons. The van der Waals surface area contributed by atoms with Crippen molar-refractivity contribution in [1.82, 2.24) is 0 Å². The molecule has 1 aromatic carbocycles. The molecular weight excluding hydrogens is 280 g/mol. The van der Waals surface area contributed by atoms with Crippen LogP contribution >= 0.6 is 0 Å². The first-order chi connectivity index (χ1) is 10.7. The van der Waals surface area contributed by atoms with Gasteiger partial charge < -0.3 is 15.2 Å². The zero-order chi connectivity index (χ0) is 15.8. The monoisotopic (exact) mass is 302 g/mol. The maximum absolute atomic E-state index is 11.6. The first kappa shape index (κ1) is 16.2. The Balaban J connectivity index is 1.83. The zero-order valence-corrected chi connectivity index (χ0v) is 12.8. The fourth-order valence-corrected chi connectivity index (χ4v) is 2.15. The molecule has 2 rings (SSSR count). The molecule has 5 nitrogen and oxygen atoms in total. The molecule has 1 aliphatic carbocycles. The number of carbonyl (C=O) groups excluding carboxylic acids is 1. The Kier molecular flexibility index (Phi) is 6.15. The van der Waals surface area contributed by atoms with Gasteiger partial charge in [0.1, 0.15) is 0 Å². The van der Waals surface area contributed by atoms with Crippen molar-refractivity contribution in [1.29, 1.82) is 0 Å². The van der Waals surface area contributed by atoms with Crippen LogP contribution in [0.15, 0.2) is 47.1 Å². The summed E-state index contributed by atoms with van der Waals surface area (Å²) in [6.07, 6.45) is 4.74. The average molecular weight is 302 g/mol. The second-order valence-corrected chi connectivity index (χ2v) is 5.10. The predicted octanol–water partition coefficient (Wildman–Crippen LogP) is 2.21. The van der Waals surface area contributed by atoms with Gasteiger partial charge in [-0.3, -0.25) is 4.99 Å². The third-order valence-corrected chi connectivity index (χ3v) is 3.58. The minimum absolute atomic E-state index is 0.0769. The summed E-state index contributed by atoms with van der Waals surface area (Å²) in [7, 11) is 0. The van der Waals surface area contributed by atoms with Crippen molar-refractivity contribution in [2.75, 3.05) is 6.61 Å². The lowest BCUT2D eigenvalue weighted by Crippen LogP contribution is -2.37. The highest BCUT2D eigenvalue weighted by Crippen LogP contribution is 2.27. The van der Waals surface area contributed by atoms with E-state index in [-0.39, 0.29) is 17.7 Å². The van der Waals surface area contributed by atoms with Crippen molar-refractivity contribution in [2.24, 2.45) is 10.7 Å². The summed E-state index contributed by atoms with van der Waals surface area (Å²) >= 11 is 0. The number of rotatable bonds is 7. The number of ether oxygens (including phenoxy) is 2. The Labute approximate surface area is 130 Å². The first-order valence-electron chi connectivity index (χ1n) is 7.52. The van der Waals surface area contributed by atoms with Crippen LogP contribution < -0.4 is 5.73 Å². The molecular formula is C17H22N2O3. The van der Waals surface area contributed by atoms with Crippen LogP contribution in [0.1, 0.15) is 25.3 Å². The number of aliphatic imine (C=N–C) groups is 1. The van der Waals surface area contributed by atoms with Crippen LogP contribution in [0.2, 0.25) is 0 Å². The summed E-state index contributed by atoms with van der Waals surface area (Å²) in [5, 5.41) is 0. The standard InChI is InChI=1S/C17H22N2O3/c1-2-21-17(20)14(10-18)11-19-15-8-9-16(15)22-12-13-6-4-3-5-7-13/h3-7,10-11,15-16H,2,8-9,12,18H2,1H3/b14-10+,19-11?/t15-,16-/m0/s1. The fraction of sp³-hybridized carbons (Fsp3) is 0.412. The Morgan fingerprint density at radius 1 is 1.36 bits per heavy atom. The largest absolute Gasteiger partial charge is 0.462 e. The van der Waals surface area contributed by atoms with Crippen LogP contribution in [-0.2, 0) is 20.9 Å². The number of esters is 1. The zero-order valence-electron chi connectivity index (χ0n) is 12.8. The number of benzene rings is 1. The molecule has 1 fully saturated rings. The van der Waals surface area contributed by atoms with Crippen molar-refractivity contribution >= 4 is 12.2 Å². The van der Waals surface area contributed by atoms with E-state index in [2.05, 4.69) is 4.99 Å². The van der Waals surface area contributed by atoms with Gasteiger partial charge in [0.2, 0.25) is 0 Å². The molecule has 2 N–H and O–H groups in total. The molecule has 118 valence electrons. The summed E-state index contributed by atoms with van der Waals surface area (Å²) < 4.78 is 10.8. The molecule has 1 aliphatic rings. The molecule has 0 spiro atoms. The fourth-order valence-electron chi connectivity index (χ4n) is 2.15. The minimum atomic E-state index is -0.449. The summed E-state index contributed by atoms with van der Waals surface area (Å²) in [5.41, 5.74) is 6.85. The molecule has 0 aromatic heterocycles. The van der Waals surface area contributed by atoms with E-state index in [1.807, 2.05) is 30.3 Å². The molecule has 1 saturated carbocycles. The van der Waals surface area contributed by atoms with Crippen LogP contribution in [-0.4, -0.2) is 30.9 Å². The first-order valence-corrected chi connectivity index (χ1v) is 7.52. The second-order valence-electron chi connectivity index (χ2n) is 5.10. The smallest absolute Gasteiger partial charge is 0.341 e. The average Bonchev–Trinajstić information content (AvgIpc) is 2.52. The number of nitrogens with two attached hydrogens (primary N) is 1. The van der Waals surface area contributed by atoms with E-state index in [4.69, 9.17) is 15.2 Å². The van der Waals surface area contributed by atoms with Crippen molar-refractivity contribution < 1.29 is 14.3 Å². The van der Waals surface area contributed by atoms with E-state index in [0.29, 0.717) is 13.2 Å². The second kappa shape index (κ2) is 8.34. The van der Waals surface area contributed by atoms with Crippen molar-refractivity contribution in [2.45, 2.75) is 38.5 Å². The van der Waals surface area contributed by atoms with Gasteiger partial charge >= 0.3 is 5.97 Å². The lowest BCUT2D eigenvalue weighted by Gasteiger charge is -2.33. The van der Waals surface area contributed by atoms with Crippen LogP contribution in [0.5, 0.6) is 0 Å². The van der Waals surface area contributed by atoms with Gasteiger partial charge in [-0.15, -0.1) is 0 Å². The van der Waals surface area contributed by atoms with Crippen molar-refractivity contribution in [3.63, 3.8) is 0 Å². The van der Waals surface area contributed by atoms with Crippen molar-refractivity contribution in [3.8, 4) is 0 Å². The van der Waals surface area contributed by atoms with Crippen LogP contribution in [0.25, 0.3) is 0 Å². The molecule has 5 heteroatoms. The normalized spacial score (nSPS) is 21.6. The number of carbonyl (C=O) groups is 1. The summed E-state index contributed by atoms with van der Waals surface area (Å²) in [4.78, 5) is 16.0. The molecule has 1 aromatic rings. The Bertz CT molecular complexity index is 540. The van der Waals surface area contributed by atoms with Crippen LogP contribution in [0.3, 0.4) is 0 Å². The van der Waals surface area contributed by atoms with E-state index >= 15 is 0 Å². The van der Waals surface area contributed by atoms with E-state index in [0.717, 1.165) is 18.4 Å². The Morgan fingerprint density at radius 3 is 2.73 bits per heavy atom. The third-order valence-electron chi connectivity index (χ3n) is 3.58. The van der Waals surface area contributed by atoms with E-state index in [9.17, 15) is 4.79 Å². The van der Waals surface area contributed by atoms with E-state index < -0.39 is 5.97 Å². The van der Waals surface area contributed by atoms with Gasteiger partial charge in [-0.1, -0.05) is 30.3 Å². The highest BCUT2D eigenvalue weighted by Gasteiger charge is 2.31. The van der Waals surface area contributed by atoms with Gasteiger partial charge in [-0.05, 0) is 25.3 Å². The minimum Gasteiger partial charge on any atom is -0.462 e. The SMILES string of the molecule is CCOC(=O)/C(C=N[C@H]1CC[C@@H]1OCc1ccccc1)=C/N. The molecule has 22 heavy (non-hydrogen) atoms. The maximum atomic E-state index is 11.6. The highest BCUT2D eigenvalue weighted by molar-refractivity contribution is 6.09. The van der Waals surface area contributed by atoms with E-state index in [1.54, 1.807) is 6.92 Å². The van der Waals surface area contributed by atoms with Gasteiger partial charge in [-0.2, -0.15) is 0 Å². The van der Waals surface area contributed by atoms with Gasteiger partial charge in [0.15, 0.2) is 0 Å². The molecule has 0 heterocycles. The summed E-state index contributed by atoms with van der Waals surface area (Å²) in [5.74, 6) is -0.449. The van der Waals surface area contributed by atoms with E-state index in [1.165, 1.54) is 12.4 Å². The van der Waals surface area contributed by atoms with Gasteiger partial charge in [0.05, 0.1) is 30.9 Å². The molecule has 2 atom stereocenters. The topological polar surface area (TPSA) is 73.9 Å². The molecule has 0 saturated heterocycles. The van der Waals surface area contributed by atoms with Gasteiger partial charge in [0, 0.05) is 12.4 Å². The predicted molar refractivity (Wildman–Crippen MR) is 85.4 cm³/mol. The Hall–Kier alpha value is -2.14. The molecule has 0 unspecified atom stereocenters. The third kappa shape index (κ3) is 4.43. The highest BCUT2D eigenvalue weighted by atomic mass is 16.5. The molecule has 0 bridgehead atoms. The summed E-state index contributed by atoms with van der Waals surface area (Å²) in [6.45, 7) is 2.65. The maximum Gasteiger partial charge on any atom is 0.341 e. The summed E-state index contributed by atoms with van der Waals surface area (Å²) in [6, 6.07) is 10.1. The lowest BCUT2D eigenvalue weighted by atomic mass is 9.89. The van der Waals surface area contributed by atoms with Crippen molar-refractivity contribution in [3.05, 3.63) is 47.7 Å². The number of hydrogen-bond acceptors (Lipinski definition) is 5. The van der Waals surface area contributed by atoms with Gasteiger partial charge in [-0.25, -0.2) is 4.79 Å². The molecule has 0 aliphatic heterocycles. The van der Waals surface area contributed by atoms with Crippen LogP contribution in [0, 0.1) is 0 Å².